The Hall–Kier alpha value is -2.36. The average molecular weight is 453 g/mol. The molecule has 2 rings (SSSR count). The van der Waals surface area contributed by atoms with E-state index < -0.39 is 0 Å². The second-order valence-electron chi connectivity index (χ2n) is 9.53. The van der Waals surface area contributed by atoms with E-state index >= 15 is 0 Å². The summed E-state index contributed by atoms with van der Waals surface area (Å²) in [6.45, 7) is 11.3. The van der Waals surface area contributed by atoms with Crippen molar-refractivity contribution < 1.29 is 9.84 Å². The van der Waals surface area contributed by atoms with Crippen molar-refractivity contribution >= 4 is 11.4 Å². The molecule has 0 saturated heterocycles. The molecular weight excluding hydrogens is 408 g/mol. The SMILES string of the molecule is CCCCCCCCCCCCOc1cc(C(C)C)c(/N=N/c2ccc(O)c(C)c2)cc1C. The minimum atomic E-state index is 0.275. The molecule has 0 aliphatic heterocycles. The zero-order valence-electron chi connectivity index (χ0n) is 21.5. The zero-order valence-corrected chi connectivity index (χ0v) is 21.5. The van der Waals surface area contributed by atoms with Crippen LogP contribution in [0.2, 0.25) is 0 Å². The summed E-state index contributed by atoms with van der Waals surface area (Å²) in [5.41, 5.74) is 4.63. The van der Waals surface area contributed by atoms with E-state index in [2.05, 4.69) is 50.1 Å². The van der Waals surface area contributed by atoms with Crippen LogP contribution < -0.4 is 4.74 Å². The molecule has 0 aromatic heterocycles. The second kappa shape index (κ2) is 14.7. The number of phenolic OH excluding ortho intramolecular Hbond substituents is 1. The Morgan fingerprint density at radius 3 is 2.03 bits per heavy atom. The van der Waals surface area contributed by atoms with E-state index in [1.807, 2.05) is 13.0 Å². The van der Waals surface area contributed by atoms with Crippen molar-refractivity contribution in [2.45, 2.75) is 105 Å². The number of ether oxygens (including phenoxy) is 1. The first-order chi connectivity index (χ1) is 15.9. The zero-order chi connectivity index (χ0) is 24.1. The fraction of sp³-hybridized carbons (Fsp3) is 0.586. The molecule has 0 unspecified atom stereocenters. The molecule has 0 aliphatic rings. The molecule has 4 heteroatoms. The fourth-order valence-corrected chi connectivity index (χ4v) is 3.98. The number of phenols is 1. The predicted octanol–water partition coefficient (Wildman–Crippen LogP) is 9.85. The predicted molar refractivity (Wildman–Crippen MR) is 140 cm³/mol. The first kappa shape index (κ1) is 26.9. The molecule has 0 spiro atoms. The fourth-order valence-electron chi connectivity index (χ4n) is 3.98. The first-order valence-corrected chi connectivity index (χ1v) is 12.9. The molecule has 0 atom stereocenters. The third kappa shape index (κ3) is 9.57. The Morgan fingerprint density at radius 2 is 1.42 bits per heavy atom. The van der Waals surface area contributed by atoms with E-state index in [4.69, 9.17) is 4.74 Å². The molecule has 0 fully saturated rings. The Kier molecular flexibility index (Phi) is 12.0. The largest absolute Gasteiger partial charge is 0.508 e. The van der Waals surface area contributed by atoms with E-state index in [-0.39, 0.29) is 5.75 Å². The normalized spacial score (nSPS) is 11.6. The molecule has 4 nitrogen and oxygen atoms in total. The minimum Gasteiger partial charge on any atom is -0.508 e. The molecule has 2 aromatic carbocycles. The summed E-state index contributed by atoms with van der Waals surface area (Å²) in [5.74, 6) is 1.55. The third-order valence-electron chi connectivity index (χ3n) is 6.16. The van der Waals surface area contributed by atoms with Crippen LogP contribution in [-0.2, 0) is 0 Å². The Bertz CT molecular complexity index is 874. The smallest absolute Gasteiger partial charge is 0.122 e. The topological polar surface area (TPSA) is 54.2 Å². The maximum Gasteiger partial charge on any atom is 0.122 e. The molecule has 0 saturated carbocycles. The number of azo groups is 1. The number of nitrogens with zero attached hydrogens (tertiary/aromatic N) is 2. The second-order valence-corrected chi connectivity index (χ2v) is 9.53. The van der Waals surface area contributed by atoms with E-state index in [0.717, 1.165) is 46.8 Å². The highest BCUT2D eigenvalue weighted by Gasteiger charge is 2.12. The van der Waals surface area contributed by atoms with E-state index in [1.54, 1.807) is 12.1 Å². The van der Waals surface area contributed by atoms with Gasteiger partial charge in [-0.05, 0) is 73.2 Å². The van der Waals surface area contributed by atoms with E-state index in [9.17, 15) is 5.11 Å². The number of hydrogen-bond donors (Lipinski definition) is 1. The lowest BCUT2D eigenvalue weighted by Crippen LogP contribution is -2.00. The van der Waals surface area contributed by atoms with Gasteiger partial charge in [0.2, 0.25) is 0 Å². The summed E-state index contributed by atoms with van der Waals surface area (Å²) >= 11 is 0. The van der Waals surface area contributed by atoms with Crippen LogP contribution in [0, 0.1) is 13.8 Å². The van der Waals surface area contributed by atoms with Crippen molar-refractivity contribution in [2.24, 2.45) is 10.2 Å². The number of rotatable bonds is 15. The highest BCUT2D eigenvalue weighted by Crippen LogP contribution is 2.35. The van der Waals surface area contributed by atoms with Gasteiger partial charge in [-0.2, -0.15) is 10.2 Å². The number of aromatic hydroxyl groups is 1. The highest BCUT2D eigenvalue weighted by molar-refractivity contribution is 5.55. The van der Waals surface area contributed by atoms with E-state index in [1.165, 1.54) is 57.8 Å². The minimum absolute atomic E-state index is 0.275. The van der Waals surface area contributed by atoms with E-state index in [0.29, 0.717) is 5.92 Å². The summed E-state index contributed by atoms with van der Waals surface area (Å²) in [4.78, 5) is 0. The summed E-state index contributed by atoms with van der Waals surface area (Å²) in [7, 11) is 0. The van der Waals surface area contributed by atoms with Crippen molar-refractivity contribution in [1.29, 1.82) is 0 Å². The molecule has 33 heavy (non-hydrogen) atoms. The van der Waals surface area contributed by atoms with Crippen molar-refractivity contribution in [3.8, 4) is 11.5 Å². The van der Waals surface area contributed by atoms with Gasteiger partial charge in [-0.25, -0.2) is 0 Å². The molecule has 2 aromatic rings. The Labute approximate surface area is 201 Å². The molecule has 0 bridgehead atoms. The number of hydrogen-bond acceptors (Lipinski definition) is 4. The van der Waals surface area contributed by atoms with Gasteiger partial charge in [0.05, 0.1) is 18.0 Å². The molecule has 1 N–H and O–H groups in total. The molecular formula is C29H44N2O2. The van der Waals surface area contributed by atoms with Gasteiger partial charge in [0.25, 0.3) is 0 Å². The van der Waals surface area contributed by atoms with Crippen LogP contribution in [0.4, 0.5) is 11.4 Å². The Balaban J connectivity index is 1.85. The van der Waals surface area contributed by atoms with Crippen LogP contribution in [0.1, 0.15) is 108 Å². The van der Waals surface area contributed by atoms with Crippen LogP contribution in [0.25, 0.3) is 0 Å². The van der Waals surface area contributed by atoms with Gasteiger partial charge < -0.3 is 9.84 Å². The molecule has 0 amide bonds. The van der Waals surface area contributed by atoms with Crippen LogP contribution in [0.15, 0.2) is 40.6 Å². The standard InChI is InChI=1S/C29H44N2O2/c1-6-7-8-9-10-11-12-13-14-15-18-33-29-21-26(22(2)3)27(20-24(29)5)31-30-25-16-17-28(32)23(4)19-25/h16-17,19-22,32H,6-15,18H2,1-5H3/b31-30+. The number of aryl methyl sites for hydroxylation is 2. The monoisotopic (exact) mass is 452 g/mol. The Morgan fingerprint density at radius 1 is 0.788 bits per heavy atom. The lowest BCUT2D eigenvalue weighted by atomic mass is 9.99. The third-order valence-corrected chi connectivity index (χ3v) is 6.16. The summed E-state index contributed by atoms with van der Waals surface area (Å²) in [6.07, 6.45) is 13.3. The average Bonchev–Trinajstić information content (AvgIpc) is 2.79. The van der Waals surface area contributed by atoms with Gasteiger partial charge in [-0.15, -0.1) is 0 Å². The lowest BCUT2D eigenvalue weighted by molar-refractivity contribution is 0.302. The van der Waals surface area contributed by atoms with Crippen LogP contribution >= 0.6 is 0 Å². The molecule has 0 aliphatic carbocycles. The maximum absolute atomic E-state index is 9.71. The number of unbranched alkanes of at least 4 members (excludes halogenated alkanes) is 9. The van der Waals surface area contributed by atoms with Gasteiger partial charge >= 0.3 is 0 Å². The van der Waals surface area contributed by atoms with Crippen LogP contribution in [0.5, 0.6) is 11.5 Å². The van der Waals surface area contributed by atoms with Gasteiger partial charge in [0.1, 0.15) is 11.5 Å². The van der Waals surface area contributed by atoms with Crippen molar-refractivity contribution in [2.75, 3.05) is 6.61 Å². The summed E-state index contributed by atoms with van der Waals surface area (Å²) in [6, 6.07) is 9.47. The van der Waals surface area contributed by atoms with Crippen molar-refractivity contribution in [3.63, 3.8) is 0 Å². The van der Waals surface area contributed by atoms with Gasteiger partial charge in [-0.3, -0.25) is 0 Å². The maximum atomic E-state index is 9.71. The lowest BCUT2D eigenvalue weighted by Gasteiger charge is -2.15. The first-order valence-electron chi connectivity index (χ1n) is 12.9. The molecule has 0 heterocycles. The van der Waals surface area contributed by atoms with Gasteiger partial charge in [0.15, 0.2) is 0 Å². The summed E-state index contributed by atoms with van der Waals surface area (Å²) in [5, 5.41) is 18.6. The van der Waals surface area contributed by atoms with Gasteiger partial charge in [0, 0.05) is 0 Å². The number of benzene rings is 2. The quantitative estimate of drug-likeness (QED) is 0.216. The van der Waals surface area contributed by atoms with Crippen LogP contribution in [-0.4, -0.2) is 11.7 Å². The molecule has 0 radical (unpaired) electrons. The van der Waals surface area contributed by atoms with Crippen LogP contribution in [0.3, 0.4) is 0 Å². The van der Waals surface area contributed by atoms with Crippen molar-refractivity contribution in [1.82, 2.24) is 0 Å². The highest BCUT2D eigenvalue weighted by atomic mass is 16.5. The van der Waals surface area contributed by atoms with Crippen molar-refractivity contribution in [3.05, 3.63) is 47.0 Å². The summed E-state index contributed by atoms with van der Waals surface area (Å²) < 4.78 is 6.15. The van der Waals surface area contributed by atoms with Gasteiger partial charge in [-0.1, -0.05) is 78.6 Å². The molecule has 182 valence electrons.